The Morgan fingerprint density at radius 3 is 2.50 bits per heavy atom. The fourth-order valence-corrected chi connectivity index (χ4v) is 1.93. The van der Waals surface area contributed by atoms with Crippen molar-refractivity contribution in [2.75, 3.05) is 0 Å². The van der Waals surface area contributed by atoms with Gasteiger partial charge in [-0.3, -0.25) is 5.84 Å². The van der Waals surface area contributed by atoms with Crippen molar-refractivity contribution in [2.45, 2.75) is 26.8 Å². The Labute approximate surface area is 107 Å². The molecule has 1 aromatic carbocycles. The molecule has 1 atom stereocenters. The second-order valence-electron chi connectivity index (χ2n) is 4.47. The highest BCUT2D eigenvalue weighted by Gasteiger charge is 2.14. The summed E-state index contributed by atoms with van der Waals surface area (Å²) >= 11 is 0. The Hall–Kier alpha value is -1.78. The number of nitrogens with zero attached hydrogens (tertiary/aromatic N) is 2. The van der Waals surface area contributed by atoms with E-state index in [0.717, 1.165) is 17.1 Å². The lowest BCUT2D eigenvalue weighted by Crippen LogP contribution is -2.29. The molecule has 0 amide bonds. The van der Waals surface area contributed by atoms with E-state index in [1.165, 1.54) is 11.1 Å². The van der Waals surface area contributed by atoms with Crippen LogP contribution in [0.15, 0.2) is 30.5 Å². The van der Waals surface area contributed by atoms with Gasteiger partial charge in [0.15, 0.2) is 0 Å². The molecule has 0 aliphatic heterocycles. The zero-order valence-corrected chi connectivity index (χ0v) is 10.9. The molecule has 0 fully saturated rings. The first kappa shape index (κ1) is 12.7. The molecule has 4 nitrogen and oxygen atoms in total. The van der Waals surface area contributed by atoms with Gasteiger partial charge >= 0.3 is 0 Å². The van der Waals surface area contributed by atoms with E-state index >= 15 is 0 Å². The van der Waals surface area contributed by atoms with E-state index < -0.39 is 0 Å². The zero-order valence-electron chi connectivity index (χ0n) is 10.9. The maximum atomic E-state index is 5.66. The number of benzene rings is 1. The van der Waals surface area contributed by atoms with Crippen molar-refractivity contribution in [3.63, 3.8) is 0 Å². The first-order valence-electron chi connectivity index (χ1n) is 5.94. The minimum Gasteiger partial charge on any atom is -0.271 e. The summed E-state index contributed by atoms with van der Waals surface area (Å²) in [5.74, 6) is 6.41. The third-order valence-electron chi connectivity index (χ3n) is 3.12. The van der Waals surface area contributed by atoms with Crippen molar-refractivity contribution in [3.8, 4) is 0 Å². The largest absolute Gasteiger partial charge is 0.271 e. The number of hydrogen-bond acceptors (Lipinski definition) is 4. The molecule has 0 saturated carbocycles. The van der Waals surface area contributed by atoms with E-state index in [4.69, 9.17) is 5.84 Å². The lowest BCUT2D eigenvalue weighted by atomic mass is 9.99. The van der Waals surface area contributed by atoms with Gasteiger partial charge in [-0.25, -0.2) is 15.4 Å². The average molecular weight is 242 g/mol. The fraction of sp³-hybridized carbons (Fsp3) is 0.286. The van der Waals surface area contributed by atoms with Crippen LogP contribution in [0, 0.1) is 20.8 Å². The molecule has 18 heavy (non-hydrogen) atoms. The minimum absolute atomic E-state index is 0.106. The van der Waals surface area contributed by atoms with Crippen LogP contribution in [0.2, 0.25) is 0 Å². The van der Waals surface area contributed by atoms with Gasteiger partial charge in [0.05, 0.1) is 11.7 Å². The van der Waals surface area contributed by atoms with Crippen molar-refractivity contribution in [1.82, 2.24) is 15.4 Å². The van der Waals surface area contributed by atoms with Crippen LogP contribution in [-0.4, -0.2) is 9.97 Å². The van der Waals surface area contributed by atoms with Crippen LogP contribution in [0.25, 0.3) is 0 Å². The second-order valence-corrected chi connectivity index (χ2v) is 4.47. The number of hydrogen-bond donors (Lipinski definition) is 2. The quantitative estimate of drug-likeness (QED) is 0.638. The van der Waals surface area contributed by atoms with Gasteiger partial charge < -0.3 is 0 Å². The fourth-order valence-electron chi connectivity index (χ4n) is 1.93. The van der Waals surface area contributed by atoms with Gasteiger partial charge in [0.25, 0.3) is 0 Å². The Morgan fingerprint density at radius 2 is 1.89 bits per heavy atom. The van der Waals surface area contributed by atoms with Crippen molar-refractivity contribution >= 4 is 0 Å². The third-order valence-corrected chi connectivity index (χ3v) is 3.12. The van der Waals surface area contributed by atoms with Crippen LogP contribution in [0.3, 0.4) is 0 Å². The highest BCUT2D eigenvalue weighted by Crippen LogP contribution is 2.21. The molecule has 4 heteroatoms. The van der Waals surface area contributed by atoms with E-state index in [2.05, 4.69) is 47.4 Å². The Balaban J connectivity index is 2.42. The van der Waals surface area contributed by atoms with Crippen molar-refractivity contribution in [1.29, 1.82) is 0 Å². The number of aromatic nitrogens is 2. The Kier molecular flexibility index (Phi) is 3.69. The lowest BCUT2D eigenvalue weighted by molar-refractivity contribution is 0.616. The molecule has 2 rings (SSSR count). The number of rotatable bonds is 3. The van der Waals surface area contributed by atoms with Crippen molar-refractivity contribution in [2.24, 2.45) is 5.84 Å². The Morgan fingerprint density at radius 1 is 1.11 bits per heavy atom. The molecule has 1 unspecified atom stereocenters. The first-order valence-corrected chi connectivity index (χ1v) is 5.94. The maximum Gasteiger partial charge on any atom is 0.125 e. The molecule has 0 aliphatic carbocycles. The van der Waals surface area contributed by atoms with Gasteiger partial charge in [0.2, 0.25) is 0 Å². The highest BCUT2D eigenvalue weighted by molar-refractivity contribution is 5.35. The van der Waals surface area contributed by atoms with E-state index in [-0.39, 0.29) is 6.04 Å². The van der Waals surface area contributed by atoms with Gasteiger partial charge in [-0.1, -0.05) is 18.2 Å². The summed E-state index contributed by atoms with van der Waals surface area (Å²) in [6, 6.07) is 8.09. The first-order chi connectivity index (χ1) is 8.61. The molecular weight excluding hydrogens is 224 g/mol. The number of aryl methyl sites for hydroxylation is 3. The standard InChI is InChI=1S/C14H18N4/c1-9-4-5-12(8-10(9)2)14(18-15)13-6-7-16-11(3)17-13/h4-8,14,18H,15H2,1-3H3. The van der Waals surface area contributed by atoms with E-state index in [9.17, 15) is 0 Å². The van der Waals surface area contributed by atoms with Crippen LogP contribution >= 0.6 is 0 Å². The smallest absolute Gasteiger partial charge is 0.125 e. The molecule has 94 valence electrons. The molecule has 2 aromatic rings. The lowest BCUT2D eigenvalue weighted by Gasteiger charge is -2.17. The second kappa shape index (κ2) is 5.25. The van der Waals surface area contributed by atoms with Crippen LogP contribution in [-0.2, 0) is 0 Å². The van der Waals surface area contributed by atoms with E-state index in [1.807, 2.05) is 13.0 Å². The molecule has 3 N–H and O–H groups in total. The SMILES string of the molecule is Cc1nccc(C(NN)c2ccc(C)c(C)c2)n1. The summed E-state index contributed by atoms with van der Waals surface area (Å²) in [4.78, 5) is 8.52. The molecular formula is C14H18N4. The van der Waals surface area contributed by atoms with Crippen LogP contribution < -0.4 is 11.3 Å². The predicted molar refractivity (Wildman–Crippen MR) is 71.9 cm³/mol. The average Bonchev–Trinajstić information content (AvgIpc) is 2.35. The van der Waals surface area contributed by atoms with Crippen LogP contribution in [0.4, 0.5) is 0 Å². The molecule has 0 radical (unpaired) electrons. The monoisotopic (exact) mass is 242 g/mol. The Bertz CT molecular complexity index is 551. The summed E-state index contributed by atoms with van der Waals surface area (Å²) in [7, 11) is 0. The molecule has 0 bridgehead atoms. The number of hydrazine groups is 1. The van der Waals surface area contributed by atoms with Crippen molar-refractivity contribution < 1.29 is 0 Å². The molecule has 1 aromatic heterocycles. The normalized spacial score (nSPS) is 12.4. The topological polar surface area (TPSA) is 63.8 Å². The van der Waals surface area contributed by atoms with Crippen molar-refractivity contribution in [3.05, 3.63) is 58.7 Å². The molecule has 0 aliphatic rings. The van der Waals surface area contributed by atoms with Gasteiger partial charge in [-0.2, -0.15) is 0 Å². The van der Waals surface area contributed by atoms with Gasteiger partial charge in [-0.05, 0) is 43.5 Å². The molecule has 1 heterocycles. The summed E-state index contributed by atoms with van der Waals surface area (Å²) in [5, 5.41) is 0. The summed E-state index contributed by atoms with van der Waals surface area (Å²) in [6.07, 6.45) is 1.75. The molecule has 0 spiro atoms. The number of nitrogens with two attached hydrogens (primary N) is 1. The van der Waals surface area contributed by atoms with Gasteiger partial charge in [-0.15, -0.1) is 0 Å². The van der Waals surface area contributed by atoms with E-state index in [0.29, 0.717) is 0 Å². The van der Waals surface area contributed by atoms with Gasteiger partial charge in [0, 0.05) is 6.20 Å². The highest BCUT2D eigenvalue weighted by atomic mass is 15.2. The van der Waals surface area contributed by atoms with Crippen LogP contribution in [0.1, 0.15) is 34.3 Å². The van der Waals surface area contributed by atoms with Gasteiger partial charge in [0.1, 0.15) is 5.82 Å². The minimum atomic E-state index is -0.106. The molecule has 0 saturated heterocycles. The summed E-state index contributed by atoms with van der Waals surface area (Å²) in [5.41, 5.74) is 7.33. The predicted octanol–water partition coefficient (Wildman–Crippen LogP) is 1.95. The maximum absolute atomic E-state index is 5.66. The van der Waals surface area contributed by atoms with Crippen LogP contribution in [0.5, 0.6) is 0 Å². The third kappa shape index (κ3) is 2.55. The summed E-state index contributed by atoms with van der Waals surface area (Å²) in [6.45, 7) is 6.06. The van der Waals surface area contributed by atoms with E-state index in [1.54, 1.807) is 6.20 Å². The zero-order chi connectivity index (χ0) is 13.1. The number of nitrogens with one attached hydrogen (secondary N) is 1. The summed E-state index contributed by atoms with van der Waals surface area (Å²) < 4.78 is 0.